The molecule has 1 saturated carbocycles. The molecule has 1 nitrogen and oxygen atoms in total. The average molecular weight is 259 g/mol. The summed E-state index contributed by atoms with van der Waals surface area (Å²) < 4.78 is 0. The quantitative estimate of drug-likeness (QED) is 0.809. The molecule has 1 aromatic carbocycles. The molecule has 1 N–H and O–H groups in total. The van der Waals surface area contributed by atoms with E-state index in [1.54, 1.807) is 0 Å². The Morgan fingerprint density at radius 3 is 2.84 bits per heavy atom. The van der Waals surface area contributed by atoms with E-state index in [0.29, 0.717) is 0 Å². The van der Waals surface area contributed by atoms with Gasteiger partial charge in [0.2, 0.25) is 0 Å². The van der Waals surface area contributed by atoms with Crippen LogP contribution < -0.4 is 5.32 Å². The van der Waals surface area contributed by atoms with Gasteiger partial charge >= 0.3 is 0 Å². The van der Waals surface area contributed by atoms with Gasteiger partial charge in [-0.1, -0.05) is 56.5 Å². The van der Waals surface area contributed by atoms with E-state index in [9.17, 15) is 0 Å². The Balaban J connectivity index is 1.79. The van der Waals surface area contributed by atoms with Gasteiger partial charge in [0, 0.05) is 12.6 Å². The second kappa shape index (κ2) is 7.09. The van der Waals surface area contributed by atoms with E-state index in [2.05, 4.69) is 50.4 Å². The highest BCUT2D eigenvalue weighted by Gasteiger charge is 2.22. The molecule has 0 amide bonds. The summed E-state index contributed by atoms with van der Waals surface area (Å²) >= 11 is 0. The normalized spacial score (nSPS) is 23.8. The summed E-state index contributed by atoms with van der Waals surface area (Å²) in [6.07, 6.45) is 7.00. The molecule has 2 atom stereocenters. The molecule has 2 rings (SSSR count). The van der Waals surface area contributed by atoms with Crippen molar-refractivity contribution in [2.24, 2.45) is 11.8 Å². The lowest BCUT2D eigenvalue weighted by atomic mass is 9.81. The maximum Gasteiger partial charge on any atom is 0.0208 e. The first-order chi connectivity index (χ1) is 9.13. The summed E-state index contributed by atoms with van der Waals surface area (Å²) in [4.78, 5) is 0. The van der Waals surface area contributed by atoms with E-state index in [0.717, 1.165) is 24.4 Å². The van der Waals surface area contributed by atoms with Gasteiger partial charge in [-0.15, -0.1) is 0 Å². The fourth-order valence-electron chi connectivity index (χ4n) is 3.44. The molecule has 1 aliphatic rings. The molecule has 106 valence electrons. The van der Waals surface area contributed by atoms with Gasteiger partial charge < -0.3 is 5.32 Å². The summed E-state index contributed by atoms with van der Waals surface area (Å²) in [6, 6.07) is 9.59. The van der Waals surface area contributed by atoms with Crippen LogP contribution in [0.1, 0.15) is 57.1 Å². The Bertz CT molecular complexity index is 383. The van der Waals surface area contributed by atoms with E-state index in [4.69, 9.17) is 0 Å². The lowest BCUT2D eigenvalue weighted by Gasteiger charge is -2.31. The SMILES string of the molecule is Cc1cccc(CNC2CCCC(CC(C)C)C2)c1. The van der Waals surface area contributed by atoms with Crippen molar-refractivity contribution in [2.45, 2.75) is 65.5 Å². The summed E-state index contributed by atoms with van der Waals surface area (Å²) in [5.74, 6) is 1.80. The van der Waals surface area contributed by atoms with Gasteiger partial charge in [0.1, 0.15) is 0 Å². The van der Waals surface area contributed by atoms with E-state index in [1.165, 1.54) is 43.2 Å². The van der Waals surface area contributed by atoms with E-state index in [1.807, 2.05) is 0 Å². The summed E-state index contributed by atoms with van der Waals surface area (Å²) in [5, 5.41) is 3.77. The molecule has 0 aliphatic heterocycles. The first-order valence-corrected chi connectivity index (χ1v) is 7.92. The van der Waals surface area contributed by atoms with Crippen LogP contribution in [-0.4, -0.2) is 6.04 Å². The van der Waals surface area contributed by atoms with Crippen molar-refractivity contribution >= 4 is 0 Å². The molecule has 1 fully saturated rings. The first-order valence-electron chi connectivity index (χ1n) is 7.92. The second-order valence-electron chi connectivity index (χ2n) is 6.73. The number of aryl methyl sites for hydroxylation is 1. The van der Waals surface area contributed by atoms with Crippen molar-refractivity contribution in [2.75, 3.05) is 0 Å². The van der Waals surface area contributed by atoms with Crippen molar-refractivity contribution < 1.29 is 0 Å². The van der Waals surface area contributed by atoms with Gasteiger partial charge in [0.05, 0.1) is 0 Å². The van der Waals surface area contributed by atoms with Crippen molar-refractivity contribution in [1.29, 1.82) is 0 Å². The van der Waals surface area contributed by atoms with Crippen LogP contribution in [0.25, 0.3) is 0 Å². The van der Waals surface area contributed by atoms with Crippen LogP contribution in [0.3, 0.4) is 0 Å². The molecule has 0 aromatic heterocycles. The molecule has 0 radical (unpaired) electrons. The highest BCUT2D eigenvalue weighted by Crippen LogP contribution is 2.29. The number of hydrogen-bond donors (Lipinski definition) is 1. The maximum absolute atomic E-state index is 3.77. The molecule has 19 heavy (non-hydrogen) atoms. The van der Waals surface area contributed by atoms with Crippen LogP contribution in [0.15, 0.2) is 24.3 Å². The molecular formula is C18H29N. The predicted octanol–water partition coefficient (Wildman–Crippen LogP) is 4.69. The third kappa shape index (κ3) is 4.99. The Labute approximate surface area is 118 Å². The van der Waals surface area contributed by atoms with Crippen LogP contribution in [0.2, 0.25) is 0 Å². The van der Waals surface area contributed by atoms with Crippen LogP contribution in [-0.2, 0) is 6.54 Å². The molecule has 0 saturated heterocycles. The largest absolute Gasteiger partial charge is 0.310 e. The molecule has 0 bridgehead atoms. The van der Waals surface area contributed by atoms with Crippen LogP contribution in [0.4, 0.5) is 0 Å². The third-order valence-electron chi connectivity index (χ3n) is 4.26. The van der Waals surface area contributed by atoms with Crippen LogP contribution in [0, 0.1) is 18.8 Å². The molecule has 1 aromatic rings. The number of nitrogens with one attached hydrogen (secondary N) is 1. The molecule has 0 heterocycles. The van der Waals surface area contributed by atoms with Gasteiger partial charge in [-0.3, -0.25) is 0 Å². The third-order valence-corrected chi connectivity index (χ3v) is 4.26. The van der Waals surface area contributed by atoms with Gasteiger partial charge in [-0.05, 0) is 43.6 Å². The van der Waals surface area contributed by atoms with Crippen molar-refractivity contribution in [1.82, 2.24) is 5.32 Å². The summed E-state index contributed by atoms with van der Waals surface area (Å²) in [6.45, 7) is 7.90. The van der Waals surface area contributed by atoms with Gasteiger partial charge in [-0.25, -0.2) is 0 Å². The number of rotatable bonds is 5. The minimum Gasteiger partial charge on any atom is -0.310 e. The first kappa shape index (κ1) is 14.6. The summed E-state index contributed by atoms with van der Waals surface area (Å²) in [5.41, 5.74) is 2.78. The zero-order chi connectivity index (χ0) is 13.7. The second-order valence-corrected chi connectivity index (χ2v) is 6.73. The lowest BCUT2D eigenvalue weighted by Crippen LogP contribution is -2.34. The molecule has 0 spiro atoms. The molecular weight excluding hydrogens is 230 g/mol. The number of benzene rings is 1. The monoisotopic (exact) mass is 259 g/mol. The Morgan fingerprint density at radius 2 is 2.11 bits per heavy atom. The standard InChI is InChI=1S/C18H29N/c1-14(2)10-16-7-5-9-18(12-16)19-13-17-8-4-6-15(3)11-17/h4,6,8,11,14,16,18-19H,5,7,9-10,12-13H2,1-3H3. The Kier molecular flexibility index (Phi) is 5.45. The minimum atomic E-state index is 0.734. The van der Waals surface area contributed by atoms with E-state index in [-0.39, 0.29) is 0 Å². The van der Waals surface area contributed by atoms with Gasteiger partial charge in [0.25, 0.3) is 0 Å². The van der Waals surface area contributed by atoms with Crippen LogP contribution in [0.5, 0.6) is 0 Å². The van der Waals surface area contributed by atoms with E-state index < -0.39 is 0 Å². The smallest absolute Gasteiger partial charge is 0.0208 e. The zero-order valence-corrected chi connectivity index (χ0v) is 12.8. The fraction of sp³-hybridized carbons (Fsp3) is 0.667. The van der Waals surface area contributed by atoms with E-state index >= 15 is 0 Å². The van der Waals surface area contributed by atoms with Gasteiger partial charge in [0.15, 0.2) is 0 Å². The van der Waals surface area contributed by atoms with Gasteiger partial charge in [-0.2, -0.15) is 0 Å². The molecule has 2 unspecified atom stereocenters. The van der Waals surface area contributed by atoms with Crippen molar-refractivity contribution in [3.05, 3.63) is 35.4 Å². The predicted molar refractivity (Wildman–Crippen MR) is 83.2 cm³/mol. The molecule has 1 aliphatic carbocycles. The lowest BCUT2D eigenvalue weighted by molar-refractivity contribution is 0.252. The average Bonchev–Trinajstić information content (AvgIpc) is 2.36. The van der Waals surface area contributed by atoms with Crippen molar-refractivity contribution in [3.8, 4) is 0 Å². The topological polar surface area (TPSA) is 12.0 Å². The number of hydrogen-bond acceptors (Lipinski definition) is 1. The van der Waals surface area contributed by atoms with Crippen molar-refractivity contribution in [3.63, 3.8) is 0 Å². The summed E-state index contributed by atoms with van der Waals surface area (Å²) in [7, 11) is 0. The highest BCUT2D eigenvalue weighted by molar-refractivity contribution is 5.22. The zero-order valence-electron chi connectivity index (χ0n) is 12.8. The Hall–Kier alpha value is -0.820. The highest BCUT2D eigenvalue weighted by atomic mass is 14.9. The molecule has 1 heteroatoms. The minimum absolute atomic E-state index is 0.734. The fourth-order valence-corrected chi connectivity index (χ4v) is 3.44. The van der Waals surface area contributed by atoms with Crippen LogP contribution >= 0.6 is 0 Å². The Morgan fingerprint density at radius 1 is 1.26 bits per heavy atom. The maximum atomic E-state index is 3.77.